The number of amides is 1. The fourth-order valence-corrected chi connectivity index (χ4v) is 2.94. The molecule has 0 spiro atoms. The van der Waals surface area contributed by atoms with Crippen LogP contribution in [0, 0.1) is 5.92 Å². The number of hydrogen-bond donors (Lipinski definition) is 2. The highest BCUT2D eigenvalue weighted by Gasteiger charge is 2.29. The summed E-state index contributed by atoms with van der Waals surface area (Å²) in [5.74, 6) is 6.08. The molecule has 1 saturated heterocycles. The van der Waals surface area contributed by atoms with Crippen LogP contribution in [0.1, 0.15) is 43.5 Å². The molecule has 0 saturated carbocycles. The van der Waals surface area contributed by atoms with Crippen LogP contribution in [0.3, 0.4) is 0 Å². The van der Waals surface area contributed by atoms with Crippen molar-refractivity contribution < 1.29 is 4.79 Å². The van der Waals surface area contributed by atoms with Crippen LogP contribution in [0.15, 0.2) is 18.2 Å². The molecular weight excluding hydrogens is 274 g/mol. The second-order valence-electron chi connectivity index (χ2n) is 5.49. The lowest BCUT2D eigenvalue weighted by Crippen LogP contribution is -2.45. The Balaban J connectivity index is 2.27. The van der Waals surface area contributed by atoms with Crippen LogP contribution in [0.5, 0.6) is 0 Å². The number of hydrazine groups is 1. The molecule has 1 aliphatic heterocycles. The summed E-state index contributed by atoms with van der Waals surface area (Å²) >= 11 is 6.01. The smallest absolute Gasteiger partial charge is 0.256 e. The molecule has 1 aromatic rings. The number of carbonyl (C=O) groups excluding carboxylic acids is 1. The average molecular weight is 296 g/mol. The normalized spacial score (nSPS) is 22.7. The van der Waals surface area contributed by atoms with Crippen molar-refractivity contribution in [2.45, 2.75) is 39.2 Å². The summed E-state index contributed by atoms with van der Waals surface area (Å²) in [6, 6.07) is 5.40. The summed E-state index contributed by atoms with van der Waals surface area (Å²) < 4.78 is 0. The molecular formula is C15H22ClN3O. The van der Waals surface area contributed by atoms with E-state index in [0.29, 0.717) is 22.2 Å². The van der Waals surface area contributed by atoms with E-state index < -0.39 is 0 Å². The summed E-state index contributed by atoms with van der Waals surface area (Å²) in [4.78, 5) is 14.7. The van der Waals surface area contributed by atoms with Crippen LogP contribution < -0.4 is 11.3 Å². The van der Waals surface area contributed by atoms with E-state index in [1.807, 2.05) is 4.90 Å². The molecule has 3 N–H and O–H groups in total. The number of nitrogen functional groups attached to an aromatic ring is 1. The quantitative estimate of drug-likeness (QED) is 0.664. The number of benzene rings is 1. The van der Waals surface area contributed by atoms with Gasteiger partial charge in [0.25, 0.3) is 5.91 Å². The van der Waals surface area contributed by atoms with Crippen molar-refractivity contribution >= 4 is 23.2 Å². The van der Waals surface area contributed by atoms with Crippen molar-refractivity contribution in [3.8, 4) is 0 Å². The van der Waals surface area contributed by atoms with E-state index in [0.717, 1.165) is 19.4 Å². The number of piperidine rings is 1. The van der Waals surface area contributed by atoms with Crippen molar-refractivity contribution in [1.29, 1.82) is 0 Å². The van der Waals surface area contributed by atoms with Crippen molar-refractivity contribution in [1.82, 2.24) is 4.90 Å². The van der Waals surface area contributed by atoms with Crippen LogP contribution in [0.4, 0.5) is 5.69 Å². The molecule has 0 aliphatic carbocycles. The summed E-state index contributed by atoms with van der Waals surface area (Å²) in [5.41, 5.74) is 3.74. The SMILES string of the molecule is CCC1CCC(C)N(C(=O)c2cc(Cl)ccc2NN)C1. The standard InChI is InChI=1S/C15H22ClN3O/c1-3-11-5-4-10(2)19(9-11)15(20)13-8-12(16)6-7-14(13)18-17/h6-8,10-11,18H,3-5,9,17H2,1-2H3. The van der Waals surface area contributed by atoms with Gasteiger partial charge >= 0.3 is 0 Å². The summed E-state index contributed by atoms with van der Waals surface area (Å²) in [7, 11) is 0. The van der Waals surface area contributed by atoms with E-state index in [2.05, 4.69) is 19.3 Å². The first-order chi connectivity index (χ1) is 9.56. The van der Waals surface area contributed by atoms with E-state index in [4.69, 9.17) is 17.4 Å². The maximum absolute atomic E-state index is 12.8. The first kappa shape index (κ1) is 15.1. The van der Waals surface area contributed by atoms with Gasteiger partial charge in [0, 0.05) is 17.6 Å². The fourth-order valence-electron chi connectivity index (χ4n) is 2.77. The Bertz CT molecular complexity index is 492. The van der Waals surface area contributed by atoms with Crippen LogP contribution in [-0.4, -0.2) is 23.4 Å². The second-order valence-corrected chi connectivity index (χ2v) is 5.93. The molecule has 2 rings (SSSR count). The highest BCUT2D eigenvalue weighted by molar-refractivity contribution is 6.31. The highest BCUT2D eigenvalue weighted by Crippen LogP contribution is 2.28. The molecule has 5 heteroatoms. The molecule has 1 heterocycles. The van der Waals surface area contributed by atoms with Crippen LogP contribution in [0.2, 0.25) is 5.02 Å². The third kappa shape index (κ3) is 3.07. The molecule has 20 heavy (non-hydrogen) atoms. The fraction of sp³-hybridized carbons (Fsp3) is 0.533. The average Bonchev–Trinajstić information content (AvgIpc) is 2.47. The number of halogens is 1. The van der Waals surface area contributed by atoms with Crippen LogP contribution in [-0.2, 0) is 0 Å². The first-order valence-corrected chi connectivity index (χ1v) is 7.51. The van der Waals surface area contributed by atoms with Crippen LogP contribution in [0.25, 0.3) is 0 Å². The number of likely N-dealkylation sites (tertiary alicyclic amines) is 1. The molecule has 2 atom stereocenters. The molecule has 1 aliphatic rings. The molecule has 4 nitrogen and oxygen atoms in total. The van der Waals surface area contributed by atoms with Gasteiger partial charge in [-0.15, -0.1) is 0 Å². The Hall–Kier alpha value is -1.26. The Labute approximate surface area is 125 Å². The Morgan fingerprint density at radius 2 is 2.25 bits per heavy atom. The summed E-state index contributed by atoms with van der Waals surface area (Å²) in [6.07, 6.45) is 3.35. The highest BCUT2D eigenvalue weighted by atomic mass is 35.5. The third-order valence-electron chi connectivity index (χ3n) is 4.19. The van der Waals surface area contributed by atoms with Gasteiger partial charge in [0.1, 0.15) is 0 Å². The van der Waals surface area contributed by atoms with E-state index in [1.54, 1.807) is 18.2 Å². The zero-order valence-electron chi connectivity index (χ0n) is 12.0. The maximum Gasteiger partial charge on any atom is 0.256 e. The Kier molecular flexibility index (Phi) is 4.89. The molecule has 1 aromatic carbocycles. The molecule has 0 aromatic heterocycles. The number of nitrogens with zero attached hydrogens (tertiary/aromatic N) is 1. The Morgan fingerprint density at radius 1 is 1.50 bits per heavy atom. The number of nitrogens with two attached hydrogens (primary N) is 1. The van der Waals surface area contributed by atoms with Crippen molar-refractivity contribution in [3.05, 3.63) is 28.8 Å². The molecule has 0 bridgehead atoms. The number of hydrogen-bond acceptors (Lipinski definition) is 3. The molecule has 1 fully saturated rings. The Morgan fingerprint density at radius 3 is 2.90 bits per heavy atom. The minimum absolute atomic E-state index is 0.00565. The molecule has 110 valence electrons. The lowest BCUT2D eigenvalue weighted by Gasteiger charge is -2.38. The summed E-state index contributed by atoms with van der Waals surface area (Å²) in [5, 5.41) is 0.545. The van der Waals surface area contributed by atoms with E-state index in [-0.39, 0.29) is 11.9 Å². The van der Waals surface area contributed by atoms with Gasteiger partial charge in [-0.1, -0.05) is 24.9 Å². The van der Waals surface area contributed by atoms with Gasteiger partial charge in [0.15, 0.2) is 0 Å². The van der Waals surface area contributed by atoms with Crippen molar-refractivity contribution in [2.75, 3.05) is 12.0 Å². The molecule has 1 amide bonds. The second kappa shape index (κ2) is 6.46. The zero-order chi connectivity index (χ0) is 14.7. The minimum atomic E-state index is 0.00565. The number of carbonyl (C=O) groups is 1. The first-order valence-electron chi connectivity index (χ1n) is 7.14. The minimum Gasteiger partial charge on any atom is -0.336 e. The predicted octanol–water partition coefficient (Wildman–Crippen LogP) is 3.28. The monoisotopic (exact) mass is 295 g/mol. The number of nitrogens with one attached hydrogen (secondary N) is 1. The maximum atomic E-state index is 12.8. The predicted molar refractivity (Wildman–Crippen MR) is 82.8 cm³/mol. The van der Waals surface area contributed by atoms with Gasteiger partial charge in [-0.05, 0) is 43.9 Å². The molecule has 2 unspecified atom stereocenters. The van der Waals surface area contributed by atoms with E-state index in [9.17, 15) is 4.79 Å². The topological polar surface area (TPSA) is 58.4 Å². The third-order valence-corrected chi connectivity index (χ3v) is 4.42. The summed E-state index contributed by atoms with van der Waals surface area (Å²) in [6.45, 7) is 5.09. The van der Waals surface area contributed by atoms with Gasteiger partial charge in [0.2, 0.25) is 0 Å². The lowest BCUT2D eigenvalue weighted by atomic mass is 9.91. The van der Waals surface area contributed by atoms with Gasteiger partial charge in [0.05, 0.1) is 11.3 Å². The lowest BCUT2D eigenvalue weighted by molar-refractivity contribution is 0.0557. The van der Waals surface area contributed by atoms with Crippen LogP contribution >= 0.6 is 11.6 Å². The van der Waals surface area contributed by atoms with E-state index >= 15 is 0 Å². The molecule has 0 radical (unpaired) electrons. The number of anilines is 1. The van der Waals surface area contributed by atoms with Crippen molar-refractivity contribution in [2.24, 2.45) is 11.8 Å². The van der Waals surface area contributed by atoms with Gasteiger partial charge < -0.3 is 10.3 Å². The zero-order valence-corrected chi connectivity index (χ0v) is 12.8. The van der Waals surface area contributed by atoms with Gasteiger partial charge in [-0.25, -0.2) is 0 Å². The largest absolute Gasteiger partial charge is 0.336 e. The number of rotatable bonds is 3. The van der Waals surface area contributed by atoms with E-state index in [1.165, 1.54) is 6.42 Å². The van der Waals surface area contributed by atoms with Gasteiger partial charge in [-0.3, -0.25) is 10.6 Å². The van der Waals surface area contributed by atoms with Crippen molar-refractivity contribution in [3.63, 3.8) is 0 Å². The van der Waals surface area contributed by atoms with Gasteiger partial charge in [-0.2, -0.15) is 0 Å².